The number of rotatable bonds is 2. The van der Waals surface area contributed by atoms with Crippen LogP contribution in [0.15, 0.2) is 46.1 Å². The number of H-pyrrole nitrogens is 1. The Hall–Kier alpha value is -2.87. The number of para-hydroxylation sites is 1. The van der Waals surface area contributed by atoms with Crippen molar-refractivity contribution in [2.75, 3.05) is 26.7 Å². The highest BCUT2D eigenvalue weighted by atomic mass is 16.5. The first-order chi connectivity index (χ1) is 13.4. The number of ether oxygens (including phenoxy) is 1. The van der Waals surface area contributed by atoms with Crippen LogP contribution in [0.5, 0.6) is 5.75 Å². The molecule has 2 aromatic rings. The van der Waals surface area contributed by atoms with Crippen molar-refractivity contribution in [3.8, 4) is 5.75 Å². The van der Waals surface area contributed by atoms with E-state index in [-0.39, 0.29) is 12.5 Å². The smallest absolute Gasteiger partial charge is 0.328 e. The summed E-state index contributed by atoms with van der Waals surface area (Å²) in [6.45, 7) is 2.61. The summed E-state index contributed by atoms with van der Waals surface area (Å²) >= 11 is 0. The van der Waals surface area contributed by atoms with Gasteiger partial charge in [-0.1, -0.05) is 18.2 Å². The van der Waals surface area contributed by atoms with Crippen molar-refractivity contribution >= 4 is 5.91 Å². The third kappa shape index (κ3) is 3.73. The number of likely N-dealkylation sites (tertiary alicyclic amines) is 1. The fraction of sp³-hybridized carbons (Fsp3) is 0.450. The number of benzene rings is 1. The molecule has 8 nitrogen and oxygen atoms in total. The number of piperidine rings is 1. The molecule has 2 aliphatic heterocycles. The molecule has 1 saturated heterocycles. The van der Waals surface area contributed by atoms with Crippen LogP contribution in [-0.2, 0) is 17.9 Å². The number of carbonyl (C=O) groups is 1. The van der Waals surface area contributed by atoms with Crippen LogP contribution in [0.1, 0.15) is 18.4 Å². The Labute approximate surface area is 162 Å². The maximum absolute atomic E-state index is 13.1. The van der Waals surface area contributed by atoms with E-state index in [1.807, 2.05) is 24.3 Å². The van der Waals surface area contributed by atoms with Gasteiger partial charge in [-0.05, 0) is 13.1 Å². The van der Waals surface area contributed by atoms with Crippen molar-refractivity contribution in [1.82, 2.24) is 19.4 Å². The van der Waals surface area contributed by atoms with Gasteiger partial charge in [0.2, 0.25) is 5.91 Å². The number of aromatic nitrogens is 2. The summed E-state index contributed by atoms with van der Waals surface area (Å²) in [4.78, 5) is 42.5. The van der Waals surface area contributed by atoms with E-state index in [1.165, 1.54) is 16.8 Å². The molecular weight excluding hydrogens is 360 g/mol. The molecule has 4 rings (SSSR count). The van der Waals surface area contributed by atoms with E-state index in [1.54, 1.807) is 4.90 Å². The number of carbonyl (C=O) groups excluding carboxylic acids is 1. The van der Waals surface area contributed by atoms with Crippen molar-refractivity contribution in [1.29, 1.82) is 0 Å². The van der Waals surface area contributed by atoms with Crippen molar-refractivity contribution in [2.45, 2.75) is 31.5 Å². The molecule has 148 valence electrons. The van der Waals surface area contributed by atoms with Crippen molar-refractivity contribution < 1.29 is 9.53 Å². The van der Waals surface area contributed by atoms with Gasteiger partial charge >= 0.3 is 5.69 Å². The summed E-state index contributed by atoms with van der Waals surface area (Å²) in [5.41, 5.74) is -0.525. The van der Waals surface area contributed by atoms with E-state index in [0.717, 1.165) is 37.2 Å². The second-order valence-corrected chi connectivity index (χ2v) is 7.68. The molecule has 1 amide bonds. The molecule has 0 saturated carbocycles. The van der Waals surface area contributed by atoms with Gasteiger partial charge in [-0.2, -0.15) is 0 Å². The number of aromatic amines is 1. The topological polar surface area (TPSA) is 87.6 Å². The molecule has 0 radical (unpaired) electrons. The molecule has 3 heterocycles. The molecule has 28 heavy (non-hydrogen) atoms. The zero-order valence-electron chi connectivity index (χ0n) is 15.9. The Bertz CT molecular complexity index is 988. The van der Waals surface area contributed by atoms with Crippen LogP contribution in [0.25, 0.3) is 0 Å². The first kappa shape index (κ1) is 18.5. The second kappa shape index (κ2) is 7.27. The zero-order valence-corrected chi connectivity index (χ0v) is 15.9. The summed E-state index contributed by atoms with van der Waals surface area (Å²) < 4.78 is 7.69. The Morgan fingerprint density at radius 1 is 1.18 bits per heavy atom. The fourth-order valence-electron chi connectivity index (χ4n) is 3.89. The van der Waals surface area contributed by atoms with Gasteiger partial charge < -0.3 is 14.5 Å². The summed E-state index contributed by atoms with van der Waals surface area (Å²) in [7, 11) is 2.09. The van der Waals surface area contributed by atoms with Crippen molar-refractivity contribution in [3.63, 3.8) is 0 Å². The minimum Gasteiger partial charge on any atom is -0.485 e. The Balaban J connectivity index is 1.62. The fourth-order valence-corrected chi connectivity index (χ4v) is 3.89. The standard InChI is InChI=1S/C20H24N4O4/c1-22-10-7-20(8-11-22)14-24(12-15-4-2-3-5-16(15)28-20)18(26)13-23-9-6-17(25)21-19(23)27/h2-6,9H,7-8,10-14H2,1H3,(H,21,25,27). The van der Waals surface area contributed by atoms with Crippen molar-refractivity contribution in [2.24, 2.45) is 0 Å². The van der Waals surface area contributed by atoms with Gasteiger partial charge in [0.1, 0.15) is 17.9 Å². The van der Waals surface area contributed by atoms with E-state index in [4.69, 9.17) is 4.74 Å². The van der Waals surface area contributed by atoms with Gasteiger partial charge in [-0.15, -0.1) is 0 Å². The van der Waals surface area contributed by atoms with E-state index in [2.05, 4.69) is 16.9 Å². The number of hydrogen-bond acceptors (Lipinski definition) is 5. The quantitative estimate of drug-likeness (QED) is 0.811. The Morgan fingerprint density at radius 3 is 2.68 bits per heavy atom. The van der Waals surface area contributed by atoms with E-state index >= 15 is 0 Å². The largest absolute Gasteiger partial charge is 0.485 e. The molecule has 1 N–H and O–H groups in total. The average molecular weight is 384 g/mol. The third-order valence-electron chi connectivity index (χ3n) is 5.59. The number of nitrogens with zero attached hydrogens (tertiary/aromatic N) is 3. The zero-order chi connectivity index (χ0) is 19.7. The predicted octanol–water partition coefficient (Wildman–Crippen LogP) is 0.422. The van der Waals surface area contributed by atoms with Gasteiger partial charge in [-0.3, -0.25) is 19.1 Å². The van der Waals surface area contributed by atoms with Gasteiger partial charge in [0.05, 0.1) is 6.54 Å². The molecule has 0 aliphatic carbocycles. The van der Waals surface area contributed by atoms with Crippen LogP contribution in [0.4, 0.5) is 0 Å². The summed E-state index contributed by atoms with van der Waals surface area (Å²) in [5, 5.41) is 0. The predicted molar refractivity (Wildman–Crippen MR) is 103 cm³/mol. The molecule has 1 fully saturated rings. The lowest BCUT2D eigenvalue weighted by molar-refractivity contribution is -0.135. The molecular formula is C20H24N4O4. The van der Waals surface area contributed by atoms with Crippen LogP contribution in [-0.4, -0.2) is 57.5 Å². The van der Waals surface area contributed by atoms with Crippen LogP contribution in [0.3, 0.4) is 0 Å². The van der Waals surface area contributed by atoms with Gasteiger partial charge in [0.15, 0.2) is 0 Å². The molecule has 2 aliphatic rings. The maximum Gasteiger partial charge on any atom is 0.328 e. The molecule has 1 aromatic heterocycles. The number of amides is 1. The van der Waals surface area contributed by atoms with E-state index in [0.29, 0.717) is 13.1 Å². The van der Waals surface area contributed by atoms with Crippen LogP contribution < -0.4 is 16.0 Å². The molecule has 1 spiro atoms. The summed E-state index contributed by atoms with van der Waals surface area (Å²) in [6, 6.07) is 9.04. The normalized spacial score (nSPS) is 19.0. The van der Waals surface area contributed by atoms with E-state index < -0.39 is 16.9 Å². The maximum atomic E-state index is 13.1. The number of nitrogens with one attached hydrogen (secondary N) is 1. The lowest BCUT2D eigenvalue weighted by atomic mass is 9.90. The van der Waals surface area contributed by atoms with Crippen LogP contribution >= 0.6 is 0 Å². The van der Waals surface area contributed by atoms with Crippen LogP contribution in [0.2, 0.25) is 0 Å². The highest BCUT2D eigenvalue weighted by Crippen LogP contribution is 2.35. The lowest BCUT2D eigenvalue weighted by Gasteiger charge is -2.41. The monoisotopic (exact) mass is 384 g/mol. The highest BCUT2D eigenvalue weighted by Gasteiger charge is 2.41. The molecule has 0 unspecified atom stereocenters. The first-order valence-electron chi connectivity index (χ1n) is 9.47. The Kier molecular flexibility index (Phi) is 4.80. The molecule has 8 heteroatoms. The minimum absolute atomic E-state index is 0.117. The molecule has 0 atom stereocenters. The highest BCUT2D eigenvalue weighted by molar-refractivity contribution is 5.76. The molecule has 1 aromatic carbocycles. The first-order valence-corrected chi connectivity index (χ1v) is 9.47. The number of fused-ring (bicyclic) bond motifs is 1. The van der Waals surface area contributed by atoms with Gasteiger partial charge in [0.25, 0.3) is 5.56 Å². The lowest BCUT2D eigenvalue weighted by Crippen LogP contribution is -2.54. The van der Waals surface area contributed by atoms with Crippen molar-refractivity contribution in [3.05, 3.63) is 62.9 Å². The van der Waals surface area contributed by atoms with Gasteiger partial charge in [-0.25, -0.2) is 4.79 Å². The summed E-state index contributed by atoms with van der Waals surface area (Å²) in [5.74, 6) is 0.649. The van der Waals surface area contributed by atoms with Gasteiger partial charge in [0, 0.05) is 50.3 Å². The van der Waals surface area contributed by atoms with E-state index in [9.17, 15) is 14.4 Å². The van der Waals surface area contributed by atoms with Crippen LogP contribution in [0, 0.1) is 0 Å². The number of hydrogen-bond donors (Lipinski definition) is 1. The second-order valence-electron chi connectivity index (χ2n) is 7.68. The SMILES string of the molecule is CN1CCC2(CC1)CN(C(=O)Cn1ccc(=O)[nH]c1=O)Cc1ccccc1O2. The summed E-state index contributed by atoms with van der Waals surface area (Å²) in [6.07, 6.45) is 3.02. The minimum atomic E-state index is -0.582. The average Bonchev–Trinajstić information content (AvgIpc) is 2.83. The third-order valence-corrected chi connectivity index (χ3v) is 5.59. The Morgan fingerprint density at radius 2 is 1.93 bits per heavy atom. The molecule has 0 bridgehead atoms.